The Balaban J connectivity index is 1.86. The smallest absolute Gasteiger partial charge is 0.231 e. The van der Waals surface area contributed by atoms with Crippen LogP contribution in [-0.4, -0.2) is 34.3 Å². The van der Waals surface area contributed by atoms with Gasteiger partial charge in [-0.1, -0.05) is 6.92 Å². The number of fused-ring (bicyclic) bond motifs is 1. The monoisotopic (exact) mass is 400 g/mol. The van der Waals surface area contributed by atoms with Gasteiger partial charge in [-0.05, 0) is 63.4 Å². The van der Waals surface area contributed by atoms with E-state index in [4.69, 9.17) is 26.4 Å². The van der Waals surface area contributed by atoms with Crippen LogP contribution in [0.1, 0.15) is 56.8 Å². The normalized spacial score (nSPS) is 13.1. The molecule has 6 N–H and O–H groups in total. The third kappa shape index (κ3) is 4.82. The SMILES string of the molecule is CCc1cc2c(cc1Cc1nc(C(=N)N)c(N)n1CCCNC(C)(C)C)OCO2. The fourth-order valence-electron chi connectivity index (χ4n) is 3.49. The maximum atomic E-state index is 7.81. The standard InChI is InChI=1S/C21H32N6O2/c1-5-13-9-15-16(29-12-28-15)10-14(13)11-17-26-18(19(22)23)20(24)27(17)8-6-7-25-21(2,3)4/h9-10,25H,5-8,11-12,24H2,1-4H3,(H3,22,23). The molecule has 1 aromatic heterocycles. The minimum atomic E-state index is -0.114. The molecule has 0 saturated heterocycles. The van der Waals surface area contributed by atoms with E-state index in [1.807, 2.05) is 16.7 Å². The van der Waals surface area contributed by atoms with Gasteiger partial charge in [-0.3, -0.25) is 5.41 Å². The number of imidazole rings is 1. The van der Waals surface area contributed by atoms with Gasteiger partial charge in [-0.25, -0.2) is 4.98 Å². The predicted octanol–water partition coefficient (Wildman–Crippen LogP) is 2.41. The lowest BCUT2D eigenvalue weighted by Crippen LogP contribution is -2.36. The van der Waals surface area contributed by atoms with E-state index in [-0.39, 0.29) is 18.2 Å². The zero-order valence-electron chi connectivity index (χ0n) is 17.8. The van der Waals surface area contributed by atoms with Crippen molar-refractivity contribution in [3.05, 3.63) is 34.8 Å². The quantitative estimate of drug-likeness (QED) is 0.306. The van der Waals surface area contributed by atoms with E-state index in [1.165, 1.54) is 5.56 Å². The number of nitrogens with two attached hydrogens (primary N) is 2. The first kappa shape index (κ1) is 21.0. The second-order valence-electron chi connectivity index (χ2n) is 8.36. The lowest BCUT2D eigenvalue weighted by atomic mass is 10.0. The highest BCUT2D eigenvalue weighted by Crippen LogP contribution is 2.36. The van der Waals surface area contributed by atoms with Gasteiger partial charge in [0, 0.05) is 18.5 Å². The van der Waals surface area contributed by atoms with Gasteiger partial charge in [0.15, 0.2) is 11.5 Å². The molecule has 2 aromatic rings. The molecule has 1 aromatic carbocycles. The number of hydrogen-bond donors (Lipinski definition) is 4. The molecule has 3 rings (SSSR count). The number of nitrogen functional groups attached to an aromatic ring is 2. The maximum absolute atomic E-state index is 7.81. The molecular formula is C21H32N6O2. The minimum absolute atomic E-state index is 0.0658. The highest BCUT2D eigenvalue weighted by molar-refractivity contribution is 5.97. The number of hydrogen-bond acceptors (Lipinski definition) is 6. The molecule has 1 aliphatic rings. The molecule has 0 aliphatic carbocycles. The van der Waals surface area contributed by atoms with Crippen LogP contribution >= 0.6 is 0 Å². The molecule has 0 unspecified atom stereocenters. The third-order valence-electron chi connectivity index (χ3n) is 4.98. The van der Waals surface area contributed by atoms with Gasteiger partial charge in [0.1, 0.15) is 23.2 Å². The number of amidine groups is 1. The van der Waals surface area contributed by atoms with E-state index in [0.717, 1.165) is 42.3 Å². The van der Waals surface area contributed by atoms with Gasteiger partial charge in [0.2, 0.25) is 6.79 Å². The first-order valence-electron chi connectivity index (χ1n) is 10.0. The first-order valence-corrected chi connectivity index (χ1v) is 10.0. The molecule has 0 bridgehead atoms. The van der Waals surface area contributed by atoms with E-state index < -0.39 is 0 Å². The number of ether oxygens (including phenoxy) is 2. The minimum Gasteiger partial charge on any atom is -0.454 e. The average Bonchev–Trinajstić information content (AvgIpc) is 3.21. The zero-order valence-corrected chi connectivity index (χ0v) is 17.8. The van der Waals surface area contributed by atoms with Crippen LogP contribution in [0.15, 0.2) is 12.1 Å². The molecule has 0 amide bonds. The number of aryl methyl sites for hydroxylation is 1. The average molecular weight is 401 g/mol. The van der Waals surface area contributed by atoms with Gasteiger partial charge >= 0.3 is 0 Å². The van der Waals surface area contributed by atoms with Gasteiger partial charge in [-0.15, -0.1) is 0 Å². The lowest BCUT2D eigenvalue weighted by molar-refractivity contribution is 0.174. The number of aromatic nitrogens is 2. The number of anilines is 1. The highest BCUT2D eigenvalue weighted by atomic mass is 16.7. The van der Waals surface area contributed by atoms with Gasteiger partial charge < -0.3 is 30.8 Å². The Hall–Kier alpha value is -2.74. The Labute approximate surface area is 172 Å². The van der Waals surface area contributed by atoms with Crippen molar-refractivity contribution in [2.75, 3.05) is 19.1 Å². The Bertz CT molecular complexity index is 898. The summed E-state index contributed by atoms with van der Waals surface area (Å²) in [6.45, 7) is 10.4. The summed E-state index contributed by atoms with van der Waals surface area (Å²) >= 11 is 0. The van der Waals surface area contributed by atoms with E-state index >= 15 is 0 Å². The molecule has 0 atom stereocenters. The molecule has 158 valence electrons. The molecule has 29 heavy (non-hydrogen) atoms. The molecule has 8 nitrogen and oxygen atoms in total. The summed E-state index contributed by atoms with van der Waals surface area (Å²) in [5.74, 6) is 2.67. The van der Waals surface area contributed by atoms with Crippen molar-refractivity contribution < 1.29 is 9.47 Å². The van der Waals surface area contributed by atoms with Crippen LogP contribution in [0.4, 0.5) is 5.82 Å². The third-order valence-corrected chi connectivity index (χ3v) is 4.98. The molecular weight excluding hydrogens is 368 g/mol. The summed E-state index contributed by atoms with van der Waals surface area (Å²) in [5, 5.41) is 11.3. The summed E-state index contributed by atoms with van der Waals surface area (Å²) in [6.07, 6.45) is 2.35. The van der Waals surface area contributed by atoms with Crippen LogP contribution in [-0.2, 0) is 19.4 Å². The van der Waals surface area contributed by atoms with Gasteiger partial charge in [0.05, 0.1) is 0 Å². The second kappa shape index (κ2) is 8.32. The number of rotatable bonds is 8. The van der Waals surface area contributed by atoms with Crippen LogP contribution in [0.3, 0.4) is 0 Å². The lowest BCUT2D eigenvalue weighted by Gasteiger charge is -2.20. The van der Waals surface area contributed by atoms with Crippen molar-refractivity contribution in [2.45, 2.75) is 59.0 Å². The van der Waals surface area contributed by atoms with E-state index in [2.05, 4.69) is 38.0 Å². The van der Waals surface area contributed by atoms with E-state index in [9.17, 15) is 0 Å². The van der Waals surface area contributed by atoms with Crippen molar-refractivity contribution in [3.63, 3.8) is 0 Å². The van der Waals surface area contributed by atoms with Crippen molar-refractivity contribution in [1.29, 1.82) is 5.41 Å². The number of nitrogens with one attached hydrogen (secondary N) is 2. The van der Waals surface area contributed by atoms with E-state index in [1.54, 1.807) is 0 Å². The Morgan fingerprint density at radius 3 is 2.48 bits per heavy atom. The fourth-order valence-corrected chi connectivity index (χ4v) is 3.49. The van der Waals surface area contributed by atoms with Crippen molar-refractivity contribution in [1.82, 2.24) is 14.9 Å². The van der Waals surface area contributed by atoms with Gasteiger partial charge in [-0.2, -0.15) is 0 Å². The molecule has 0 spiro atoms. The predicted molar refractivity (Wildman–Crippen MR) is 115 cm³/mol. The first-order chi connectivity index (χ1) is 13.7. The molecule has 0 saturated carbocycles. The fraction of sp³-hybridized carbons (Fsp3) is 0.524. The summed E-state index contributed by atoms with van der Waals surface area (Å²) < 4.78 is 13.0. The Kier molecular flexibility index (Phi) is 6.02. The number of benzene rings is 1. The molecule has 8 heteroatoms. The summed E-state index contributed by atoms with van der Waals surface area (Å²) in [7, 11) is 0. The zero-order chi connectivity index (χ0) is 21.2. The summed E-state index contributed by atoms with van der Waals surface area (Å²) in [4.78, 5) is 4.60. The van der Waals surface area contributed by atoms with Crippen LogP contribution in [0.25, 0.3) is 0 Å². The maximum Gasteiger partial charge on any atom is 0.231 e. The Morgan fingerprint density at radius 2 is 1.90 bits per heavy atom. The van der Waals surface area contributed by atoms with Crippen molar-refractivity contribution in [3.8, 4) is 11.5 Å². The summed E-state index contributed by atoms with van der Waals surface area (Å²) in [5.41, 5.74) is 14.7. The number of nitrogens with zero attached hydrogens (tertiary/aromatic N) is 2. The molecule has 0 radical (unpaired) electrons. The largest absolute Gasteiger partial charge is 0.454 e. The van der Waals surface area contributed by atoms with Crippen LogP contribution in [0.2, 0.25) is 0 Å². The summed E-state index contributed by atoms with van der Waals surface area (Å²) in [6, 6.07) is 4.05. The molecule has 0 fully saturated rings. The van der Waals surface area contributed by atoms with Gasteiger partial charge in [0.25, 0.3) is 0 Å². The second-order valence-corrected chi connectivity index (χ2v) is 8.36. The topological polar surface area (TPSA) is 124 Å². The van der Waals surface area contributed by atoms with Crippen molar-refractivity contribution >= 4 is 11.7 Å². The van der Waals surface area contributed by atoms with Crippen LogP contribution in [0, 0.1) is 5.41 Å². The van der Waals surface area contributed by atoms with Crippen LogP contribution in [0.5, 0.6) is 11.5 Å². The highest BCUT2D eigenvalue weighted by Gasteiger charge is 2.21. The van der Waals surface area contributed by atoms with Crippen molar-refractivity contribution in [2.24, 2.45) is 5.73 Å². The molecule has 2 heterocycles. The van der Waals surface area contributed by atoms with Crippen LogP contribution < -0.4 is 26.3 Å². The Morgan fingerprint density at radius 1 is 1.24 bits per heavy atom. The van der Waals surface area contributed by atoms with E-state index in [0.29, 0.717) is 24.5 Å². The molecule has 1 aliphatic heterocycles.